The molecule has 0 saturated heterocycles. The Morgan fingerprint density at radius 1 is 0.950 bits per heavy atom. The maximum absolute atomic E-state index is 13.2. The summed E-state index contributed by atoms with van der Waals surface area (Å²) in [5.74, 6) is -1.39. The summed E-state index contributed by atoms with van der Waals surface area (Å²) in [5.41, 5.74) is 0.00530. The van der Waals surface area contributed by atoms with Crippen molar-refractivity contribution in [1.82, 2.24) is 0 Å². The molecule has 0 amide bonds. The smallest absolute Gasteiger partial charge is 0.261 e. The molecule has 0 radical (unpaired) electrons. The van der Waals surface area contributed by atoms with Gasteiger partial charge in [-0.05, 0) is 36.4 Å². The molecular weight excluding hydrogens is 331 g/mol. The van der Waals surface area contributed by atoms with E-state index in [2.05, 4.69) is 4.72 Å². The third kappa shape index (κ3) is 3.20. The predicted molar refractivity (Wildman–Crippen MR) is 73.6 cm³/mol. The topological polar surface area (TPSA) is 46.2 Å². The minimum atomic E-state index is -3.93. The Morgan fingerprint density at radius 2 is 1.45 bits per heavy atom. The third-order valence-corrected chi connectivity index (χ3v) is 4.31. The number of nitrogens with one attached hydrogen (secondary N) is 1. The molecule has 2 aromatic carbocycles. The van der Waals surface area contributed by atoms with Gasteiger partial charge in [0.25, 0.3) is 10.0 Å². The highest BCUT2D eigenvalue weighted by Gasteiger charge is 2.16. The van der Waals surface area contributed by atoms with Crippen molar-refractivity contribution in [2.45, 2.75) is 4.90 Å². The van der Waals surface area contributed by atoms with Gasteiger partial charge in [0, 0.05) is 0 Å². The lowest BCUT2D eigenvalue weighted by molar-refractivity contribution is 0.599. The molecule has 0 saturated carbocycles. The van der Waals surface area contributed by atoms with E-state index in [1.807, 2.05) is 0 Å². The molecule has 20 heavy (non-hydrogen) atoms. The fourth-order valence-corrected chi connectivity index (χ4v) is 2.97. The van der Waals surface area contributed by atoms with Gasteiger partial charge in [0.1, 0.15) is 5.82 Å². The average molecular weight is 338 g/mol. The van der Waals surface area contributed by atoms with Crippen molar-refractivity contribution in [1.29, 1.82) is 0 Å². The second-order valence-corrected chi connectivity index (χ2v) is 6.31. The second-order valence-electron chi connectivity index (χ2n) is 3.81. The van der Waals surface area contributed by atoms with E-state index in [1.165, 1.54) is 0 Å². The molecule has 106 valence electrons. The first kappa shape index (κ1) is 15.0. The normalized spacial score (nSPS) is 11.4. The largest absolute Gasteiger partial charge is 0.280 e. The molecule has 0 aliphatic carbocycles. The standard InChI is InChI=1S/C12H7Cl2F2NO2S/c13-10-5-8(6-11(14)12(10)16)17-20(18,19)9-3-1-7(15)2-4-9/h1-6,17H. The number of benzene rings is 2. The Hall–Kier alpha value is -1.37. The molecule has 0 bridgehead atoms. The number of rotatable bonds is 3. The van der Waals surface area contributed by atoms with Crippen molar-refractivity contribution in [3.8, 4) is 0 Å². The van der Waals surface area contributed by atoms with Gasteiger partial charge in [-0.2, -0.15) is 0 Å². The van der Waals surface area contributed by atoms with E-state index in [0.29, 0.717) is 0 Å². The number of sulfonamides is 1. The number of anilines is 1. The van der Waals surface area contributed by atoms with Gasteiger partial charge in [0.2, 0.25) is 0 Å². The van der Waals surface area contributed by atoms with Crippen LogP contribution < -0.4 is 4.72 Å². The van der Waals surface area contributed by atoms with Crippen LogP contribution in [-0.4, -0.2) is 8.42 Å². The Kier molecular flexibility index (Phi) is 4.17. The molecule has 2 aromatic rings. The van der Waals surface area contributed by atoms with Crippen LogP contribution in [0.25, 0.3) is 0 Å². The maximum atomic E-state index is 13.2. The average Bonchev–Trinajstić information content (AvgIpc) is 2.36. The molecule has 8 heteroatoms. The van der Waals surface area contributed by atoms with E-state index in [9.17, 15) is 17.2 Å². The van der Waals surface area contributed by atoms with E-state index in [0.717, 1.165) is 36.4 Å². The maximum Gasteiger partial charge on any atom is 0.261 e. The fourth-order valence-electron chi connectivity index (χ4n) is 1.44. The van der Waals surface area contributed by atoms with Crippen molar-refractivity contribution in [2.24, 2.45) is 0 Å². The molecule has 0 aliphatic rings. The molecule has 0 heterocycles. The van der Waals surface area contributed by atoms with Gasteiger partial charge >= 0.3 is 0 Å². The third-order valence-electron chi connectivity index (χ3n) is 2.36. The Morgan fingerprint density at radius 3 is 1.95 bits per heavy atom. The van der Waals surface area contributed by atoms with Crippen LogP contribution >= 0.6 is 23.2 Å². The lowest BCUT2D eigenvalue weighted by Crippen LogP contribution is -2.13. The summed E-state index contributed by atoms with van der Waals surface area (Å²) < 4.78 is 52.2. The first-order chi connectivity index (χ1) is 9.29. The van der Waals surface area contributed by atoms with Crippen molar-refractivity contribution in [3.63, 3.8) is 0 Å². The van der Waals surface area contributed by atoms with E-state index in [1.54, 1.807) is 0 Å². The summed E-state index contributed by atoms with van der Waals surface area (Å²) in [4.78, 5) is -0.143. The van der Waals surface area contributed by atoms with Crippen LogP contribution in [-0.2, 0) is 10.0 Å². The van der Waals surface area contributed by atoms with Crippen molar-refractivity contribution >= 4 is 38.9 Å². The second kappa shape index (κ2) is 5.55. The van der Waals surface area contributed by atoms with E-state index >= 15 is 0 Å². The van der Waals surface area contributed by atoms with E-state index < -0.39 is 21.7 Å². The zero-order chi connectivity index (χ0) is 14.9. The minimum Gasteiger partial charge on any atom is -0.280 e. The number of halogens is 4. The Balaban J connectivity index is 2.36. The van der Waals surface area contributed by atoms with Crippen molar-refractivity contribution in [2.75, 3.05) is 4.72 Å². The molecule has 3 nitrogen and oxygen atoms in total. The first-order valence-corrected chi connectivity index (χ1v) is 7.46. The summed E-state index contributed by atoms with van der Waals surface area (Å²) in [5, 5.41) is -0.622. The van der Waals surface area contributed by atoms with Crippen molar-refractivity contribution < 1.29 is 17.2 Å². The van der Waals surface area contributed by atoms with Crippen LogP contribution in [0.5, 0.6) is 0 Å². The van der Waals surface area contributed by atoms with Gasteiger partial charge in [0.15, 0.2) is 5.82 Å². The zero-order valence-corrected chi connectivity index (χ0v) is 12.0. The summed E-state index contributed by atoms with van der Waals surface area (Å²) in [6.07, 6.45) is 0. The molecule has 0 unspecified atom stereocenters. The Bertz CT molecular complexity index is 726. The monoisotopic (exact) mass is 337 g/mol. The Labute approximate surface area is 124 Å². The van der Waals surface area contributed by atoms with Gasteiger partial charge in [-0.1, -0.05) is 23.2 Å². The summed E-state index contributed by atoms with van der Waals surface area (Å²) in [6.45, 7) is 0. The minimum absolute atomic E-state index is 0.00530. The van der Waals surface area contributed by atoms with Gasteiger partial charge < -0.3 is 0 Å². The highest BCUT2D eigenvalue weighted by Crippen LogP contribution is 2.28. The van der Waals surface area contributed by atoms with Crippen LogP contribution in [0.3, 0.4) is 0 Å². The summed E-state index contributed by atoms with van der Waals surface area (Å²) in [7, 11) is -3.93. The van der Waals surface area contributed by atoms with Gasteiger partial charge in [0.05, 0.1) is 20.6 Å². The predicted octanol–water partition coefficient (Wildman–Crippen LogP) is 4.07. The van der Waals surface area contributed by atoms with Gasteiger partial charge in [-0.3, -0.25) is 4.72 Å². The lowest BCUT2D eigenvalue weighted by Gasteiger charge is -2.09. The first-order valence-electron chi connectivity index (χ1n) is 5.22. The molecule has 0 spiro atoms. The SMILES string of the molecule is O=S(=O)(Nc1cc(Cl)c(F)c(Cl)c1)c1ccc(F)cc1. The molecular formula is C12H7Cl2F2NO2S. The highest BCUT2D eigenvalue weighted by atomic mass is 35.5. The van der Waals surface area contributed by atoms with Crippen LogP contribution in [0.1, 0.15) is 0 Å². The molecule has 1 N–H and O–H groups in total. The lowest BCUT2D eigenvalue weighted by atomic mass is 10.3. The molecule has 2 rings (SSSR count). The molecule has 0 aromatic heterocycles. The van der Waals surface area contributed by atoms with Gasteiger partial charge in [-0.25, -0.2) is 17.2 Å². The molecule has 0 fully saturated rings. The van der Waals surface area contributed by atoms with Gasteiger partial charge in [-0.15, -0.1) is 0 Å². The molecule has 0 aliphatic heterocycles. The summed E-state index contributed by atoms with van der Waals surface area (Å²) >= 11 is 11.1. The summed E-state index contributed by atoms with van der Waals surface area (Å²) in [6, 6.07) is 6.40. The number of hydrogen-bond acceptors (Lipinski definition) is 2. The number of hydrogen-bond donors (Lipinski definition) is 1. The van der Waals surface area contributed by atoms with Crippen LogP contribution in [0.2, 0.25) is 10.0 Å². The van der Waals surface area contributed by atoms with Crippen molar-refractivity contribution in [3.05, 3.63) is 58.1 Å². The van der Waals surface area contributed by atoms with Crippen LogP contribution in [0.4, 0.5) is 14.5 Å². The quantitative estimate of drug-likeness (QED) is 0.858. The van der Waals surface area contributed by atoms with Crippen LogP contribution in [0, 0.1) is 11.6 Å². The highest BCUT2D eigenvalue weighted by molar-refractivity contribution is 7.92. The van der Waals surface area contributed by atoms with E-state index in [-0.39, 0.29) is 20.6 Å². The fraction of sp³-hybridized carbons (Fsp3) is 0. The molecule has 0 atom stereocenters. The van der Waals surface area contributed by atoms with E-state index in [4.69, 9.17) is 23.2 Å². The van der Waals surface area contributed by atoms with Crippen LogP contribution in [0.15, 0.2) is 41.3 Å². The zero-order valence-electron chi connectivity index (χ0n) is 9.70.